The van der Waals surface area contributed by atoms with Gasteiger partial charge in [-0.2, -0.15) is 0 Å². The molecule has 2 saturated heterocycles. The van der Waals surface area contributed by atoms with Crippen LogP contribution in [0.3, 0.4) is 0 Å². The van der Waals surface area contributed by atoms with Crippen molar-refractivity contribution in [3.63, 3.8) is 0 Å². The van der Waals surface area contributed by atoms with Gasteiger partial charge in [-0.15, -0.1) is 13.2 Å². The predicted octanol–water partition coefficient (Wildman–Crippen LogP) is 2.80. The summed E-state index contributed by atoms with van der Waals surface area (Å²) < 4.78 is 45.6. The summed E-state index contributed by atoms with van der Waals surface area (Å²) in [6.45, 7) is 5.70. The van der Waals surface area contributed by atoms with Crippen LogP contribution in [0.5, 0.6) is 0 Å². The first-order valence-corrected chi connectivity index (χ1v) is 6.44. The number of halogens is 3. The van der Waals surface area contributed by atoms with Crippen LogP contribution < -0.4 is 0 Å². The fourth-order valence-corrected chi connectivity index (χ4v) is 3.00. The van der Waals surface area contributed by atoms with E-state index in [1.165, 1.54) is 0 Å². The van der Waals surface area contributed by atoms with Crippen molar-refractivity contribution in [1.82, 2.24) is 4.90 Å². The second-order valence-corrected chi connectivity index (χ2v) is 4.60. The first-order chi connectivity index (χ1) is 8.45. The molecule has 18 heavy (non-hydrogen) atoms. The lowest BCUT2D eigenvalue weighted by Crippen LogP contribution is -2.42. The number of hydrogen-bond acceptors (Lipinski definition) is 3. The fraction of sp³-hybridized carbons (Fsp3) is 1.00. The summed E-state index contributed by atoms with van der Waals surface area (Å²) in [6.07, 6.45) is -2.92. The second-order valence-electron chi connectivity index (χ2n) is 4.60. The maximum Gasteiger partial charge on any atom is 0.522 e. The summed E-state index contributed by atoms with van der Waals surface area (Å²) in [5.74, 6) is 0. The van der Waals surface area contributed by atoms with Crippen molar-refractivity contribution in [3.05, 3.63) is 0 Å². The summed E-state index contributed by atoms with van der Waals surface area (Å²) in [6, 6.07) is 0. The Morgan fingerprint density at radius 2 is 2.00 bits per heavy atom. The van der Waals surface area contributed by atoms with Crippen LogP contribution in [0.1, 0.15) is 33.1 Å². The van der Waals surface area contributed by atoms with Crippen molar-refractivity contribution in [2.45, 2.75) is 51.1 Å². The highest BCUT2D eigenvalue weighted by Crippen LogP contribution is 2.41. The van der Waals surface area contributed by atoms with Gasteiger partial charge >= 0.3 is 6.36 Å². The molecule has 2 fully saturated rings. The number of rotatable bonds is 3. The van der Waals surface area contributed by atoms with Crippen LogP contribution in [-0.4, -0.2) is 49.7 Å². The van der Waals surface area contributed by atoms with E-state index in [-0.39, 0.29) is 5.54 Å². The minimum absolute atomic E-state index is 0.218. The van der Waals surface area contributed by atoms with Gasteiger partial charge in [-0.3, -0.25) is 9.64 Å². The van der Waals surface area contributed by atoms with Crippen molar-refractivity contribution in [1.29, 1.82) is 0 Å². The van der Waals surface area contributed by atoms with Crippen LogP contribution in [0.2, 0.25) is 0 Å². The Morgan fingerprint density at radius 1 is 1.33 bits per heavy atom. The molecule has 2 rings (SSSR count). The molecule has 0 N–H and O–H groups in total. The molecule has 0 aromatic rings. The van der Waals surface area contributed by atoms with Crippen LogP contribution in [-0.2, 0) is 9.47 Å². The summed E-state index contributed by atoms with van der Waals surface area (Å²) in [7, 11) is 1.59. The highest BCUT2D eigenvalue weighted by atomic mass is 19.4. The van der Waals surface area contributed by atoms with E-state index in [0.717, 1.165) is 19.4 Å². The number of alkyl halides is 3. The Kier molecular flexibility index (Phi) is 5.43. The molecule has 0 saturated carbocycles. The Morgan fingerprint density at radius 3 is 2.56 bits per heavy atom. The summed E-state index contributed by atoms with van der Waals surface area (Å²) in [5.41, 5.74) is -0.218. The van der Waals surface area contributed by atoms with Gasteiger partial charge in [0.2, 0.25) is 0 Å². The highest BCUT2D eigenvalue weighted by molar-refractivity contribution is 5.03. The minimum Gasteiger partial charge on any atom is -0.383 e. The molecule has 2 unspecified atom stereocenters. The quantitative estimate of drug-likeness (QED) is 0.786. The zero-order valence-corrected chi connectivity index (χ0v) is 11.2. The standard InChI is InChI=1S/C10H16F3NO2.C2H6/c1-15-7-9-3-2-4-14(9)6-8(5-9)16-10(11,12)13;1-2/h8H,2-7H2,1H3;1-2H3. The molecular weight excluding hydrogens is 247 g/mol. The van der Waals surface area contributed by atoms with Gasteiger partial charge in [0, 0.05) is 19.2 Å². The Bertz CT molecular complexity index is 260. The molecule has 0 aromatic carbocycles. The monoisotopic (exact) mass is 269 g/mol. The number of nitrogens with zero attached hydrogens (tertiary/aromatic N) is 1. The maximum absolute atomic E-state index is 12.1. The number of methoxy groups -OCH3 is 1. The van der Waals surface area contributed by atoms with Crippen LogP contribution in [0.25, 0.3) is 0 Å². The Labute approximate surface area is 106 Å². The SMILES string of the molecule is CC.COCC12CCCN1CC(OC(F)(F)F)C2. The third-order valence-corrected chi connectivity index (χ3v) is 3.49. The molecule has 0 aliphatic carbocycles. The maximum atomic E-state index is 12.1. The molecule has 6 heteroatoms. The lowest BCUT2D eigenvalue weighted by molar-refractivity contribution is -0.340. The van der Waals surface area contributed by atoms with Crippen molar-refractivity contribution < 1.29 is 22.6 Å². The van der Waals surface area contributed by atoms with E-state index in [4.69, 9.17) is 4.74 Å². The fourth-order valence-electron chi connectivity index (χ4n) is 3.00. The largest absolute Gasteiger partial charge is 0.522 e. The molecule has 0 aromatic heterocycles. The third-order valence-electron chi connectivity index (χ3n) is 3.49. The highest BCUT2D eigenvalue weighted by Gasteiger charge is 2.51. The summed E-state index contributed by atoms with van der Waals surface area (Å²) in [5, 5.41) is 0. The zero-order chi connectivity index (χ0) is 13.8. The first kappa shape index (κ1) is 15.7. The van der Waals surface area contributed by atoms with Gasteiger partial charge in [0.1, 0.15) is 0 Å². The van der Waals surface area contributed by atoms with Crippen LogP contribution in [0.4, 0.5) is 13.2 Å². The molecule has 3 nitrogen and oxygen atoms in total. The van der Waals surface area contributed by atoms with Gasteiger partial charge in [-0.1, -0.05) is 13.8 Å². The molecule has 108 valence electrons. The minimum atomic E-state index is -4.53. The van der Waals surface area contributed by atoms with Crippen molar-refractivity contribution >= 4 is 0 Å². The molecular formula is C12H22F3NO2. The lowest BCUT2D eigenvalue weighted by Gasteiger charge is -2.30. The van der Waals surface area contributed by atoms with E-state index in [2.05, 4.69) is 9.64 Å². The van der Waals surface area contributed by atoms with Crippen molar-refractivity contribution in [2.75, 3.05) is 26.8 Å². The van der Waals surface area contributed by atoms with Crippen LogP contribution in [0, 0.1) is 0 Å². The van der Waals surface area contributed by atoms with Gasteiger partial charge in [0.25, 0.3) is 0 Å². The zero-order valence-electron chi connectivity index (χ0n) is 11.2. The molecule has 2 atom stereocenters. The van der Waals surface area contributed by atoms with Gasteiger partial charge in [-0.25, -0.2) is 0 Å². The number of fused-ring (bicyclic) bond motifs is 1. The molecule has 0 amide bonds. The van der Waals surface area contributed by atoms with Crippen molar-refractivity contribution in [2.24, 2.45) is 0 Å². The second kappa shape index (κ2) is 6.21. The van der Waals surface area contributed by atoms with Gasteiger partial charge in [0.05, 0.1) is 12.7 Å². The average molecular weight is 269 g/mol. The predicted molar refractivity (Wildman–Crippen MR) is 62.3 cm³/mol. The van der Waals surface area contributed by atoms with Crippen molar-refractivity contribution in [3.8, 4) is 0 Å². The van der Waals surface area contributed by atoms with E-state index in [1.54, 1.807) is 7.11 Å². The van der Waals surface area contributed by atoms with Gasteiger partial charge in [0.15, 0.2) is 0 Å². The van der Waals surface area contributed by atoms with Crippen LogP contribution >= 0.6 is 0 Å². The normalized spacial score (nSPS) is 32.0. The average Bonchev–Trinajstić information content (AvgIpc) is 2.75. The van der Waals surface area contributed by atoms with Gasteiger partial charge < -0.3 is 4.74 Å². The molecule has 0 bridgehead atoms. The molecule has 0 spiro atoms. The van der Waals surface area contributed by atoms with E-state index in [1.807, 2.05) is 13.8 Å². The molecule has 2 aliphatic heterocycles. The molecule has 2 aliphatic rings. The topological polar surface area (TPSA) is 21.7 Å². The summed E-state index contributed by atoms with van der Waals surface area (Å²) in [4.78, 5) is 2.08. The van der Waals surface area contributed by atoms with E-state index >= 15 is 0 Å². The molecule has 2 heterocycles. The van der Waals surface area contributed by atoms with Gasteiger partial charge in [-0.05, 0) is 25.8 Å². The summed E-state index contributed by atoms with van der Waals surface area (Å²) >= 11 is 0. The van der Waals surface area contributed by atoms with E-state index in [9.17, 15) is 13.2 Å². The number of hydrogen-bond donors (Lipinski definition) is 0. The third kappa shape index (κ3) is 3.59. The smallest absolute Gasteiger partial charge is 0.383 e. The Hall–Kier alpha value is -0.330. The van der Waals surface area contributed by atoms with E-state index in [0.29, 0.717) is 19.6 Å². The molecule has 0 radical (unpaired) electrons. The first-order valence-electron chi connectivity index (χ1n) is 6.44. The Balaban J connectivity index is 0.000000771. The van der Waals surface area contributed by atoms with E-state index < -0.39 is 12.5 Å². The van der Waals surface area contributed by atoms with Crippen LogP contribution in [0.15, 0.2) is 0 Å². The number of ether oxygens (including phenoxy) is 2. The lowest BCUT2D eigenvalue weighted by atomic mass is 9.94.